The molecule has 0 aliphatic heterocycles. The van der Waals surface area contributed by atoms with E-state index >= 15 is 4.39 Å². The largest absolute Gasteiger partial charge is 0.508 e. The number of rotatable bonds is 7. The average molecular weight is 566 g/mol. The zero-order chi connectivity index (χ0) is 29.8. The standard InChI is InChI=1S/C30H32FN3O7/c1-34(2)24-18-11-15-10-17-21(19(35)12-16(23(17)31)13-33-9-8-14-6-4-3-5-7-14)25(36)20(15)27(38)30(18,41)28(39)22(26(24)37)29(32)40/h3-7,12,15,18,24,33,35-36,39,41H,8-11,13H2,1-2H3,(H2,32,40)/t15-,18-,24-,30-/m0/s1. The molecule has 41 heavy (non-hydrogen) atoms. The fourth-order valence-electron chi connectivity index (χ4n) is 6.58. The Balaban J connectivity index is 1.52. The number of ketones is 2. The first-order valence-electron chi connectivity index (χ1n) is 13.3. The van der Waals surface area contributed by atoms with Crippen LogP contribution in [0.2, 0.25) is 0 Å². The third kappa shape index (κ3) is 4.41. The van der Waals surface area contributed by atoms with Crippen LogP contribution in [0.5, 0.6) is 5.75 Å². The SMILES string of the molecule is CN(C)[C@@H]1C(=O)C(C(N)=O)=C(O)[C@@]2(O)C(=O)C3=C(O)c4c(O)cc(CNCCc5ccccc5)c(F)c4C[C@H]3C[C@@H]12. The number of aliphatic hydroxyl groups excluding tert-OH is 2. The maximum absolute atomic E-state index is 15.8. The number of carbonyl (C=O) groups is 3. The Morgan fingerprint density at radius 1 is 1.17 bits per heavy atom. The number of likely N-dealkylation sites (N-methyl/N-ethyl adjacent to an activating group) is 1. The predicted molar refractivity (Wildman–Crippen MR) is 146 cm³/mol. The lowest BCUT2D eigenvalue weighted by molar-refractivity contribution is -0.153. The first kappa shape index (κ1) is 28.5. The molecule has 10 nitrogen and oxygen atoms in total. The van der Waals surface area contributed by atoms with E-state index in [1.54, 1.807) is 0 Å². The van der Waals surface area contributed by atoms with Crippen LogP contribution < -0.4 is 11.1 Å². The molecule has 1 amide bonds. The van der Waals surface area contributed by atoms with Gasteiger partial charge in [0.15, 0.2) is 11.4 Å². The summed E-state index contributed by atoms with van der Waals surface area (Å²) in [4.78, 5) is 40.4. The van der Waals surface area contributed by atoms with Gasteiger partial charge < -0.3 is 31.5 Å². The van der Waals surface area contributed by atoms with Crippen LogP contribution in [0.15, 0.2) is 53.3 Å². The molecule has 1 saturated carbocycles. The lowest BCUT2D eigenvalue weighted by Gasteiger charge is -2.50. The number of nitrogens with two attached hydrogens (primary N) is 1. The number of nitrogens with one attached hydrogen (secondary N) is 1. The molecule has 0 aromatic heterocycles. The summed E-state index contributed by atoms with van der Waals surface area (Å²) in [6.45, 7) is 0.660. The number of carbonyl (C=O) groups excluding carboxylic acids is 3. The zero-order valence-corrected chi connectivity index (χ0v) is 22.6. The van der Waals surface area contributed by atoms with Crippen LogP contribution in [-0.2, 0) is 33.8 Å². The molecule has 0 radical (unpaired) electrons. The summed E-state index contributed by atoms with van der Waals surface area (Å²) in [7, 11) is 3.03. The van der Waals surface area contributed by atoms with E-state index in [1.165, 1.54) is 25.1 Å². The molecule has 11 heteroatoms. The van der Waals surface area contributed by atoms with E-state index in [0.29, 0.717) is 13.0 Å². The fourth-order valence-corrected chi connectivity index (χ4v) is 6.58. The maximum atomic E-state index is 15.8. The van der Waals surface area contributed by atoms with Crippen molar-refractivity contribution in [2.24, 2.45) is 17.6 Å². The van der Waals surface area contributed by atoms with E-state index in [2.05, 4.69) is 5.32 Å². The van der Waals surface area contributed by atoms with Gasteiger partial charge in [0, 0.05) is 29.2 Å². The molecule has 3 aliphatic rings. The van der Waals surface area contributed by atoms with Crippen LogP contribution in [0.4, 0.5) is 4.39 Å². The van der Waals surface area contributed by atoms with Crippen LogP contribution in [0.25, 0.3) is 5.76 Å². The molecule has 0 heterocycles. The van der Waals surface area contributed by atoms with Gasteiger partial charge in [0.1, 0.15) is 28.7 Å². The topological polar surface area (TPSA) is 173 Å². The summed E-state index contributed by atoms with van der Waals surface area (Å²) in [5.41, 5.74) is 2.41. The van der Waals surface area contributed by atoms with Gasteiger partial charge in [-0.25, -0.2) is 4.39 Å². The Bertz CT molecular complexity index is 1520. The summed E-state index contributed by atoms with van der Waals surface area (Å²) in [5.74, 6) is -8.33. The van der Waals surface area contributed by atoms with Crippen molar-refractivity contribution in [1.29, 1.82) is 0 Å². The lowest BCUT2D eigenvalue weighted by Crippen LogP contribution is -2.65. The first-order chi connectivity index (χ1) is 19.4. The minimum absolute atomic E-state index is 0.00970. The molecule has 7 N–H and O–H groups in total. The molecular weight excluding hydrogens is 533 g/mol. The Labute approximate surface area is 235 Å². The van der Waals surface area contributed by atoms with Gasteiger partial charge >= 0.3 is 0 Å². The molecule has 0 spiro atoms. The summed E-state index contributed by atoms with van der Waals surface area (Å²) in [6.07, 6.45) is 0.503. The van der Waals surface area contributed by atoms with Crippen LogP contribution in [0.1, 0.15) is 28.7 Å². The van der Waals surface area contributed by atoms with Gasteiger partial charge in [0.05, 0.1) is 11.6 Å². The molecule has 2 aromatic rings. The van der Waals surface area contributed by atoms with E-state index < -0.39 is 69.6 Å². The summed E-state index contributed by atoms with van der Waals surface area (Å²) in [5, 5.41) is 47.7. The van der Waals surface area contributed by atoms with E-state index in [-0.39, 0.29) is 41.6 Å². The van der Waals surface area contributed by atoms with Crippen molar-refractivity contribution in [3.8, 4) is 5.75 Å². The number of primary amides is 1. The number of nitrogens with zero attached hydrogens (tertiary/aromatic N) is 1. The van der Waals surface area contributed by atoms with Crippen molar-refractivity contribution >= 4 is 23.2 Å². The van der Waals surface area contributed by atoms with Crippen molar-refractivity contribution in [1.82, 2.24) is 10.2 Å². The van der Waals surface area contributed by atoms with E-state index in [4.69, 9.17) is 5.73 Å². The molecule has 0 saturated heterocycles. The summed E-state index contributed by atoms with van der Waals surface area (Å²) >= 11 is 0. The monoisotopic (exact) mass is 565 g/mol. The second kappa shape index (κ2) is 10.4. The molecule has 216 valence electrons. The highest BCUT2D eigenvalue weighted by molar-refractivity contribution is 6.24. The van der Waals surface area contributed by atoms with Crippen LogP contribution >= 0.6 is 0 Å². The zero-order valence-electron chi connectivity index (χ0n) is 22.6. The van der Waals surface area contributed by atoms with Gasteiger partial charge in [-0.05, 0) is 57.5 Å². The van der Waals surface area contributed by atoms with Crippen molar-refractivity contribution in [3.05, 3.63) is 81.4 Å². The van der Waals surface area contributed by atoms with Gasteiger partial charge in [0.25, 0.3) is 5.91 Å². The Kier molecular flexibility index (Phi) is 7.22. The van der Waals surface area contributed by atoms with Crippen molar-refractivity contribution < 1.29 is 39.2 Å². The molecule has 1 fully saturated rings. The van der Waals surface area contributed by atoms with E-state index in [1.807, 2.05) is 30.3 Å². The number of aromatic hydroxyl groups is 1. The Hall–Kier alpha value is -4.06. The number of aliphatic hydroxyl groups is 3. The smallest absolute Gasteiger partial charge is 0.255 e. The van der Waals surface area contributed by atoms with Crippen LogP contribution in [0, 0.1) is 17.7 Å². The number of Topliss-reactive ketones (excluding diaryl/α,β-unsaturated/α-hetero) is 2. The minimum atomic E-state index is -2.73. The molecule has 5 rings (SSSR count). The second-order valence-corrected chi connectivity index (χ2v) is 11.1. The quantitative estimate of drug-likeness (QED) is 0.214. The number of hydrogen-bond donors (Lipinski definition) is 6. The molecule has 4 atom stereocenters. The van der Waals surface area contributed by atoms with E-state index in [9.17, 15) is 34.8 Å². The van der Waals surface area contributed by atoms with E-state index in [0.717, 1.165) is 5.56 Å². The average Bonchev–Trinajstić information content (AvgIpc) is 2.91. The lowest BCUT2D eigenvalue weighted by atomic mass is 9.57. The Morgan fingerprint density at radius 3 is 2.49 bits per heavy atom. The van der Waals surface area contributed by atoms with Crippen LogP contribution in [-0.4, -0.2) is 75.1 Å². The molecule has 2 aromatic carbocycles. The number of fused-ring (bicyclic) bond motifs is 3. The summed E-state index contributed by atoms with van der Waals surface area (Å²) < 4.78 is 15.8. The normalized spacial score (nSPS) is 25.7. The predicted octanol–water partition coefficient (Wildman–Crippen LogP) is 1.44. The van der Waals surface area contributed by atoms with Crippen LogP contribution in [0.3, 0.4) is 0 Å². The number of amides is 1. The van der Waals surface area contributed by atoms with Crippen molar-refractivity contribution in [3.63, 3.8) is 0 Å². The third-order valence-corrected chi connectivity index (χ3v) is 8.48. The third-order valence-electron chi connectivity index (χ3n) is 8.48. The highest BCUT2D eigenvalue weighted by Gasteiger charge is 2.64. The highest BCUT2D eigenvalue weighted by atomic mass is 19.1. The van der Waals surface area contributed by atoms with Crippen molar-refractivity contribution in [2.45, 2.75) is 37.5 Å². The number of phenols is 1. The first-order valence-corrected chi connectivity index (χ1v) is 13.3. The fraction of sp³-hybridized carbons (Fsp3) is 0.367. The molecule has 3 aliphatic carbocycles. The van der Waals surface area contributed by atoms with Gasteiger partial charge in [-0.2, -0.15) is 0 Å². The molecular formula is C30H32FN3O7. The number of hydrogen-bond acceptors (Lipinski definition) is 9. The highest BCUT2D eigenvalue weighted by Crippen LogP contribution is 2.53. The van der Waals surface area contributed by atoms with Gasteiger partial charge in [-0.3, -0.25) is 19.3 Å². The second-order valence-electron chi connectivity index (χ2n) is 11.1. The van der Waals surface area contributed by atoms with Gasteiger partial charge in [0.2, 0.25) is 5.78 Å². The number of phenolic OH excluding ortho intramolecular Hbond substituents is 1. The maximum Gasteiger partial charge on any atom is 0.255 e. The Morgan fingerprint density at radius 2 is 1.85 bits per heavy atom. The molecule has 0 bridgehead atoms. The van der Waals surface area contributed by atoms with Gasteiger partial charge in [-0.15, -0.1) is 0 Å². The minimum Gasteiger partial charge on any atom is -0.508 e. The van der Waals surface area contributed by atoms with Crippen molar-refractivity contribution in [2.75, 3.05) is 20.6 Å². The summed E-state index contributed by atoms with van der Waals surface area (Å²) in [6, 6.07) is 9.72. The number of halogens is 1. The van der Waals surface area contributed by atoms with Gasteiger partial charge in [-0.1, -0.05) is 30.3 Å². The number of benzene rings is 2. The molecule has 0 unspecified atom stereocenters.